The zero-order valence-electron chi connectivity index (χ0n) is 9.83. The third-order valence-corrected chi connectivity index (χ3v) is 3.41. The maximum atomic E-state index is 10.1. The van der Waals surface area contributed by atoms with Gasteiger partial charge in [-0.15, -0.1) is 0 Å². The smallest absolute Gasteiger partial charge is 0.164 e. The van der Waals surface area contributed by atoms with Crippen molar-refractivity contribution in [3.05, 3.63) is 35.4 Å². The topological polar surface area (TPSA) is 58.9 Å². The number of rotatable bonds is 0. The maximum Gasteiger partial charge on any atom is 0.164 e. The van der Waals surface area contributed by atoms with Gasteiger partial charge in [0.05, 0.1) is 0 Å². The van der Waals surface area contributed by atoms with E-state index in [2.05, 4.69) is 0 Å². The van der Waals surface area contributed by atoms with Gasteiger partial charge >= 0.3 is 0 Å². The summed E-state index contributed by atoms with van der Waals surface area (Å²) in [6.45, 7) is 3.63. The minimum absolute atomic E-state index is 0.306. The van der Waals surface area contributed by atoms with Crippen molar-refractivity contribution in [2.75, 3.05) is 0 Å². The molecule has 0 radical (unpaired) electrons. The summed E-state index contributed by atoms with van der Waals surface area (Å²) < 4.78 is 11.5. The summed E-state index contributed by atoms with van der Waals surface area (Å²) in [5, 5.41) is 20.1. The summed E-state index contributed by atoms with van der Waals surface area (Å²) in [7, 11) is 0. The molecule has 1 heterocycles. The number of benzene rings is 1. The first-order valence-electron chi connectivity index (χ1n) is 5.80. The molecule has 4 heteroatoms. The van der Waals surface area contributed by atoms with Crippen LogP contribution in [-0.2, 0) is 9.47 Å². The second-order valence-electron chi connectivity index (χ2n) is 5.09. The number of fused-ring (bicyclic) bond motifs is 3. The maximum absolute atomic E-state index is 10.1. The van der Waals surface area contributed by atoms with Gasteiger partial charge in [0.2, 0.25) is 0 Å². The highest BCUT2D eigenvalue weighted by Gasteiger charge is 2.51. The van der Waals surface area contributed by atoms with Crippen LogP contribution in [-0.4, -0.2) is 28.2 Å². The molecule has 4 nitrogen and oxygen atoms in total. The van der Waals surface area contributed by atoms with E-state index < -0.39 is 24.1 Å². The van der Waals surface area contributed by atoms with Gasteiger partial charge in [0, 0.05) is 0 Å². The first-order chi connectivity index (χ1) is 7.99. The lowest BCUT2D eigenvalue weighted by atomic mass is 9.83. The molecular weight excluding hydrogens is 220 g/mol. The number of ether oxygens (including phenoxy) is 2. The molecule has 92 valence electrons. The fourth-order valence-electron chi connectivity index (χ4n) is 2.68. The van der Waals surface area contributed by atoms with Gasteiger partial charge < -0.3 is 19.7 Å². The first-order valence-corrected chi connectivity index (χ1v) is 5.80. The van der Waals surface area contributed by atoms with Crippen LogP contribution in [0.1, 0.15) is 37.2 Å². The summed E-state index contributed by atoms with van der Waals surface area (Å²) in [5.74, 6) is -0.729. The van der Waals surface area contributed by atoms with E-state index in [1.165, 1.54) is 0 Å². The molecule has 0 saturated carbocycles. The second kappa shape index (κ2) is 3.53. The van der Waals surface area contributed by atoms with Crippen LogP contribution >= 0.6 is 0 Å². The Morgan fingerprint density at radius 3 is 2.41 bits per heavy atom. The van der Waals surface area contributed by atoms with Crippen molar-refractivity contribution in [3.63, 3.8) is 0 Å². The predicted molar refractivity (Wildman–Crippen MR) is 60.2 cm³/mol. The van der Waals surface area contributed by atoms with Crippen LogP contribution in [0.5, 0.6) is 0 Å². The van der Waals surface area contributed by atoms with Gasteiger partial charge in [-0.3, -0.25) is 0 Å². The van der Waals surface area contributed by atoms with E-state index in [1.807, 2.05) is 38.1 Å². The molecule has 0 amide bonds. The predicted octanol–water partition coefficient (Wildman–Crippen LogP) is 1.29. The van der Waals surface area contributed by atoms with Gasteiger partial charge in [-0.1, -0.05) is 24.3 Å². The molecule has 1 saturated heterocycles. The quantitative estimate of drug-likeness (QED) is 0.712. The molecule has 3 rings (SSSR count). The monoisotopic (exact) mass is 236 g/mol. The van der Waals surface area contributed by atoms with Crippen LogP contribution in [0.3, 0.4) is 0 Å². The summed E-state index contributed by atoms with van der Waals surface area (Å²) in [6, 6.07) is 7.46. The summed E-state index contributed by atoms with van der Waals surface area (Å²) in [6.07, 6.45) is -2.67. The van der Waals surface area contributed by atoms with Gasteiger partial charge in [0.25, 0.3) is 0 Å². The fourth-order valence-corrected chi connectivity index (χ4v) is 2.68. The van der Waals surface area contributed by atoms with Crippen molar-refractivity contribution in [1.29, 1.82) is 0 Å². The molecule has 1 aliphatic carbocycles. The van der Waals surface area contributed by atoms with E-state index in [0.717, 1.165) is 11.1 Å². The van der Waals surface area contributed by atoms with Gasteiger partial charge in [0.1, 0.15) is 24.4 Å². The van der Waals surface area contributed by atoms with Gasteiger partial charge in [0.15, 0.2) is 5.79 Å². The standard InChI is InChI=1S/C13H16O4/c1-13(2)16-11-8-6-4-3-5-7(8)9(14)10(15)12(11)17-13/h3-6,9-12,14-15H,1-2H3/t9-,10-,11-,12+/m1/s1. The van der Waals surface area contributed by atoms with Crippen molar-refractivity contribution in [1.82, 2.24) is 0 Å². The van der Waals surface area contributed by atoms with Crippen molar-refractivity contribution >= 4 is 0 Å². The Morgan fingerprint density at radius 2 is 1.71 bits per heavy atom. The average Bonchev–Trinajstić information content (AvgIpc) is 2.62. The SMILES string of the molecule is CC1(C)O[C@H]2[C@H](O)[C@H](O)c3ccccc3[C@H]2O1. The van der Waals surface area contributed by atoms with Gasteiger partial charge in [-0.25, -0.2) is 0 Å². The molecule has 2 N–H and O–H groups in total. The molecule has 0 bridgehead atoms. The van der Waals surface area contributed by atoms with E-state index in [4.69, 9.17) is 9.47 Å². The van der Waals surface area contributed by atoms with E-state index in [-0.39, 0.29) is 6.10 Å². The summed E-state index contributed by atoms with van der Waals surface area (Å²) in [4.78, 5) is 0. The van der Waals surface area contributed by atoms with E-state index in [1.54, 1.807) is 0 Å². The molecule has 0 unspecified atom stereocenters. The summed E-state index contributed by atoms with van der Waals surface area (Å²) in [5.41, 5.74) is 1.63. The zero-order chi connectivity index (χ0) is 12.2. The first kappa shape index (κ1) is 11.2. The Morgan fingerprint density at radius 1 is 1.06 bits per heavy atom. The molecule has 0 aromatic heterocycles. The number of aliphatic hydroxyl groups is 2. The minimum Gasteiger partial charge on any atom is -0.387 e. The molecule has 4 atom stereocenters. The Hall–Kier alpha value is -0.940. The molecule has 1 fully saturated rings. The molecule has 0 spiro atoms. The third kappa shape index (κ3) is 1.60. The normalized spacial score (nSPS) is 38.6. The molecule has 17 heavy (non-hydrogen) atoms. The highest BCUT2D eigenvalue weighted by atomic mass is 16.8. The zero-order valence-corrected chi connectivity index (χ0v) is 9.83. The van der Waals surface area contributed by atoms with Crippen LogP contribution < -0.4 is 0 Å². The Bertz CT molecular complexity index is 443. The highest BCUT2D eigenvalue weighted by molar-refractivity contribution is 5.36. The summed E-state index contributed by atoms with van der Waals surface area (Å²) >= 11 is 0. The van der Waals surface area contributed by atoms with Crippen LogP contribution in [0.4, 0.5) is 0 Å². The van der Waals surface area contributed by atoms with Crippen molar-refractivity contribution in [3.8, 4) is 0 Å². The van der Waals surface area contributed by atoms with Crippen molar-refractivity contribution < 1.29 is 19.7 Å². The third-order valence-electron chi connectivity index (χ3n) is 3.41. The molecular formula is C13H16O4. The van der Waals surface area contributed by atoms with Crippen LogP contribution in [0, 0.1) is 0 Å². The Labute approximate surface area is 99.8 Å². The largest absolute Gasteiger partial charge is 0.387 e. The highest BCUT2D eigenvalue weighted by Crippen LogP contribution is 2.47. The lowest BCUT2D eigenvalue weighted by Gasteiger charge is -2.33. The molecule has 1 aliphatic heterocycles. The van der Waals surface area contributed by atoms with Crippen LogP contribution in [0.25, 0.3) is 0 Å². The minimum atomic E-state index is -0.948. The number of aliphatic hydroxyl groups excluding tert-OH is 2. The lowest BCUT2D eigenvalue weighted by Crippen LogP contribution is -2.40. The lowest BCUT2D eigenvalue weighted by molar-refractivity contribution is -0.161. The molecule has 1 aromatic rings. The average molecular weight is 236 g/mol. The molecule has 2 aliphatic rings. The Kier molecular flexibility index (Phi) is 2.32. The Balaban J connectivity index is 2.09. The number of hydrogen-bond acceptors (Lipinski definition) is 4. The van der Waals surface area contributed by atoms with E-state index in [0.29, 0.717) is 0 Å². The van der Waals surface area contributed by atoms with Crippen molar-refractivity contribution in [2.24, 2.45) is 0 Å². The van der Waals surface area contributed by atoms with Gasteiger partial charge in [-0.2, -0.15) is 0 Å². The van der Waals surface area contributed by atoms with Crippen molar-refractivity contribution in [2.45, 2.75) is 44.1 Å². The van der Waals surface area contributed by atoms with E-state index in [9.17, 15) is 10.2 Å². The van der Waals surface area contributed by atoms with Gasteiger partial charge in [-0.05, 0) is 25.0 Å². The molecule has 1 aromatic carbocycles. The van der Waals surface area contributed by atoms with Crippen LogP contribution in [0.15, 0.2) is 24.3 Å². The second-order valence-corrected chi connectivity index (χ2v) is 5.09. The fraction of sp³-hybridized carbons (Fsp3) is 0.538. The van der Waals surface area contributed by atoms with Crippen LogP contribution in [0.2, 0.25) is 0 Å². The number of hydrogen-bond donors (Lipinski definition) is 2. The van der Waals surface area contributed by atoms with E-state index >= 15 is 0 Å².